The smallest absolute Gasteiger partial charge is 0.0947 e. The summed E-state index contributed by atoms with van der Waals surface area (Å²) in [6, 6.07) is 9.24. The molecule has 2 nitrogen and oxygen atoms in total. The number of fused-ring (bicyclic) bond motifs is 1. The molecule has 0 bridgehead atoms. The van der Waals surface area contributed by atoms with Crippen molar-refractivity contribution >= 4 is 0 Å². The molecule has 2 heteroatoms. The van der Waals surface area contributed by atoms with E-state index in [2.05, 4.69) is 37.1 Å². The molecule has 1 saturated carbocycles. The Labute approximate surface area is 110 Å². The third-order valence-corrected chi connectivity index (χ3v) is 4.92. The molecule has 98 valence electrons. The van der Waals surface area contributed by atoms with Gasteiger partial charge in [0.1, 0.15) is 0 Å². The average Bonchev–Trinajstić information content (AvgIpc) is 3.22. The zero-order valence-electron chi connectivity index (χ0n) is 11.3. The number of hydrogen-bond acceptors (Lipinski definition) is 2. The normalized spacial score (nSPS) is 29.1. The van der Waals surface area contributed by atoms with E-state index < -0.39 is 0 Å². The van der Waals surface area contributed by atoms with Crippen molar-refractivity contribution in [2.24, 2.45) is 5.92 Å². The lowest BCUT2D eigenvalue weighted by atomic mass is 9.84. The number of aliphatic hydroxyl groups excluding tert-OH is 1. The fourth-order valence-corrected chi connectivity index (χ4v) is 3.36. The third kappa shape index (κ3) is 2.08. The van der Waals surface area contributed by atoms with Gasteiger partial charge in [0.05, 0.1) is 6.10 Å². The number of benzene rings is 1. The van der Waals surface area contributed by atoms with E-state index in [1.165, 1.54) is 18.4 Å². The molecule has 2 aliphatic rings. The Balaban J connectivity index is 1.79. The van der Waals surface area contributed by atoms with E-state index in [1.54, 1.807) is 0 Å². The summed E-state index contributed by atoms with van der Waals surface area (Å²) in [5, 5.41) is 10.6. The number of aliphatic hydroxyl groups is 1. The number of nitrogens with zero attached hydrogens (tertiary/aromatic N) is 1. The molecule has 1 aromatic carbocycles. The van der Waals surface area contributed by atoms with Crippen molar-refractivity contribution in [3.8, 4) is 0 Å². The zero-order valence-corrected chi connectivity index (χ0v) is 11.3. The molecule has 1 aromatic rings. The molecule has 3 rings (SSSR count). The summed E-state index contributed by atoms with van der Waals surface area (Å²) in [6.45, 7) is 2.31. The van der Waals surface area contributed by atoms with Crippen molar-refractivity contribution in [2.45, 2.75) is 50.8 Å². The fraction of sp³-hybridized carbons (Fsp3) is 0.625. The van der Waals surface area contributed by atoms with Crippen LogP contribution in [0.15, 0.2) is 24.3 Å². The second-order valence-corrected chi connectivity index (χ2v) is 5.99. The van der Waals surface area contributed by atoms with Crippen LogP contribution in [-0.4, -0.2) is 29.1 Å². The van der Waals surface area contributed by atoms with Crippen molar-refractivity contribution in [1.82, 2.24) is 4.90 Å². The van der Waals surface area contributed by atoms with Crippen molar-refractivity contribution in [3.05, 3.63) is 35.4 Å². The largest absolute Gasteiger partial charge is 0.387 e. The first-order valence-electron chi connectivity index (χ1n) is 7.16. The minimum absolute atomic E-state index is 0.287. The molecule has 18 heavy (non-hydrogen) atoms. The predicted octanol–water partition coefficient (Wildman–Crippen LogP) is 2.77. The number of likely N-dealkylation sites (N-methyl/N-ethyl adjacent to an activating group) is 1. The summed E-state index contributed by atoms with van der Waals surface area (Å²) < 4.78 is 0. The molecule has 1 fully saturated rings. The molecular formula is C16H23NO. The van der Waals surface area contributed by atoms with Crippen molar-refractivity contribution < 1.29 is 5.11 Å². The van der Waals surface area contributed by atoms with Gasteiger partial charge in [-0.05, 0) is 56.7 Å². The number of rotatable bonds is 3. The van der Waals surface area contributed by atoms with Crippen LogP contribution in [-0.2, 0) is 6.42 Å². The monoisotopic (exact) mass is 245 g/mol. The Bertz CT molecular complexity index is 427. The number of hydrogen-bond donors (Lipinski definition) is 1. The lowest BCUT2D eigenvalue weighted by molar-refractivity contribution is 0.0268. The van der Waals surface area contributed by atoms with E-state index in [-0.39, 0.29) is 12.1 Å². The van der Waals surface area contributed by atoms with Crippen molar-refractivity contribution in [2.75, 3.05) is 7.05 Å². The maximum Gasteiger partial charge on any atom is 0.0947 e. The quantitative estimate of drug-likeness (QED) is 0.885. The van der Waals surface area contributed by atoms with Gasteiger partial charge in [0.2, 0.25) is 0 Å². The van der Waals surface area contributed by atoms with Gasteiger partial charge in [-0.15, -0.1) is 0 Å². The van der Waals surface area contributed by atoms with Gasteiger partial charge in [0.15, 0.2) is 0 Å². The van der Waals surface area contributed by atoms with Gasteiger partial charge < -0.3 is 5.11 Å². The first-order chi connectivity index (χ1) is 8.68. The predicted molar refractivity (Wildman–Crippen MR) is 73.5 cm³/mol. The highest BCUT2D eigenvalue weighted by Gasteiger charge is 2.37. The highest BCUT2D eigenvalue weighted by Crippen LogP contribution is 2.39. The second kappa shape index (κ2) is 4.67. The highest BCUT2D eigenvalue weighted by atomic mass is 16.3. The molecule has 1 N–H and O–H groups in total. The maximum absolute atomic E-state index is 10.6. The van der Waals surface area contributed by atoms with Crippen molar-refractivity contribution in [3.63, 3.8) is 0 Å². The highest BCUT2D eigenvalue weighted by molar-refractivity contribution is 5.32. The van der Waals surface area contributed by atoms with E-state index in [0.717, 1.165) is 24.3 Å². The molecule has 3 unspecified atom stereocenters. The van der Waals surface area contributed by atoms with Gasteiger partial charge in [0, 0.05) is 12.1 Å². The van der Waals surface area contributed by atoms with Gasteiger partial charge in [-0.3, -0.25) is 4.90 Å². The van der Waals surface area contributed by atoms with Gasteiger partial charge in [-0.1, -0.05) is 24.3 Å². The first-order valence-corrected chi connectivity index (χ1v) is 7.16. The van der Waals surface area contributed by atoms with Crippen LogP contribution in [0.5, 0.6) is 0 Å². The van der Waals surface area contributed by atoms with Crippen LogP contribution in [0.1, 0.15) is 43.4 Å². The first kappa shape index (κ1) is 12.2. The Hall–Kier alpha value is -0.860. The molecule has 2 aliphatic carbocycles. The van der Waals surface area contributed by atoms with Crippen molar-refractivity contribution in [1.29, 1.82) is 0 Å². The fourth-order valence-electron chi connectivity index (χ4n) is 3.36. The van der Waals surface area contributed by atoms with E-state index in [0.29, 0.717) is 6.04 Å². The van der Waals surface area contributed by atoms with E-state index >= 15 is 0 Å². The summed E-state index contributed by atoms with van der Waals surface area (Å²) in [5.41, 5.74) is 2.47. The number of aryl methyl sites for hydroxylation is 1. The summed E-state index contributed by atoms with van der Waals surface area (Å²) in [7, 11) is 2.19. The molecule has 0 aliphatic heterocycles. The van der Waals surface area contributed by atoms with Crippen LogP contribution in [0, 0.1) is 5.92 Å². The van der Waals surface area contributed by atoms with Crippen LogP contribution in [0.2, 0.25) is 0 Å². The topological polar surface area (TPSA) is 23.5 Å². The Morgan fingerprint density at radius 2 is 1.94 bits per heavy atom. The molecular weight excluding hydrogens is 222 g/mol. The molecule has 0 spiro atoms. The molecule has 0 radical (unpaired) electrons. The van der Waals surface area contributed by atoms with Gasteiger partial charge in [0.25, 0.3) is 0 Å². The maximum atomic E-state index is 10.6. The Morgan fingerprint density at radius 1 is 1.22 bits per heavy atom. The van der Waals surface area contributed by atoms with E-state index in [4.69, 9.17) is 0 Å². The third-order valence-electron chi connectivity index (χ3n) is 4.92. The van der Waals surface area contributed by atoms with Gasteiger partial charge in [-0.25, -0.2) is 0 Å². The van der Waals surface area contributed by atoms with Crippen LogP contribution >= 0.6 is 0 Å². The summed E-state index contributed by atoms with van der Waals surface area (Å²) in [4.78, 5) is 2.41. The molecule has 0 saturated heterocycles. The second-order valence-electron chi connectivity index (χ2n) is 5.99. The van der Waals surface area contributed by atoms with Crippen LogP contribution in [0.25, 0.3) is 0 Å². The van der Waals surface area contributed by atoms with Gasteiger partial charge in [-0.2, -0.15) is 0 Å². The summed E-state index contributed by atoms with van der Waals surface area (Å²) in [6.07, 6.45) is 4.59. The minimum Gasteiger partial charge on any atom is -0.387 e. The molecule has 0 heterocycles. The SMILES string of the molecule is CC(C1CC1)N(C)C1CCc2ccccc2C1O. The van der Waals surface area contributed by atoms with E-state index in [9.17, 15) is 5.11 Å². The molecule has 0 aromatic heterocycles. The standard InChI is InChI=1S/C16H23NO/c1-11(12-7-8-12)17(2)15-10-9-13-5-3-4-6-14(13)16(15)18/h3-6,11-12,15-16,18H,7-10H2,1-2H3. The lowest BCUT2D eigenvalue weighted by Crippen LogP contribution is -2.45. The Kier molecular flexibility index (Phi) is 3.16. The van der Waals surface area contributed by atoms with Crippen LogP contribution in [0.4, 0.5) is 0 Å². The Morgan fingerprint density at radius 3 is 2.67 bits per heavy atom. The summed E-state index contributed by atoms with van der Waals surface area (Å²) in [5.74, 6) is 0.861. The molecule has 3 atom stereocenters. The molecule has 0 amide bonds. The van der Waals surface area contributed by atoms with Crippen LogP contribution < -0.4 is 0 Å². The summed E-state index contributed by atoms with van der Waals surface area (Å²) >= 11 is 0. The average molecular weight is 245 g/mol. The van der Waals surface area contributed by atoms with Gasteiger partial charge >= 0.3 is 0 Å². The van der Waals surface area contributed by atoms with E-state index in [1.807, 2.05) is 6.07 Å². The lowest BCUT2D eigenvalue weighted by Gasteiger charge is -2.39. The van der Waals surface area contributed by atoms with Crippen LogP contribution in [0.3, 0.4) is 0 Å². The minimum atomic E-state index is -0.318. The zero-order chi connectivity index (χ0) is 12.7.